The third-order valence-electron chi connectivity index (χ3n) is 12.7. The molecular weight excluding hydrogens is 755 g/mol. The number of anilines is 3. The molecular formula is C59H39NS. The molecule has 0 spiro atoms. The highest BCUT2D eigenvalue weighted by Crippen LogP contribution is 2.59. The molecule has 1 aromatic heterocycles. The van der Waals surface area contributed by atoms with E-state index >= 15 is 0 Å². The molecule has 0 saturated carbocycles. The average molecular weight is 794 g/mol. The minimum Gasteiger partial charge on any atom is -0.310 e. The van der Waals surface area contributed by atoms with Crippen molar-refractivity contribution in [1.29, 1.82) is 0 Å². The van der Waals surface area contributed by atoms with Crippen molar-refractivity contribution in [2.75, 3.05) is 4.90 Å². The Morgan fingerprint density at radius 1 is 0.328 bits per heavy atom. The predicted octanol–water partition coefficient (Wildman–Crippen LogP) is 16.4. The molecule has 0 fully saturated rings. The molecule has 61 heavy (non-hydrogen) atoms. The third-order valence-corrected chi connectivity index (χ3v) is 14.0. The van der Waals surface area contributed by atoms with E-state index in [0.717, 1.165) is 17.1 Å². The molecule has 1 nitrogen and oxygen atoms in total. The minimum absolute atomic E-state index is 0.563. The summed E-state index contributed by atoms with van der Waals surface area (Å²) in [6.45, 7) is 0. The molecule has 0 radical (unpaired) electrons. The van der Waals surface area contributed by atoms with Crippen LogP contribution in [0.15, 0.2) is 237 Å². The Hall–Kier alpha value is -7.52. The summed E-state index contributed by atoms with van der Waals surface area (Å²) in [7, 11) is 0. The van der Waals surface area contributed by atoms with Crippen molar-refractivity contribution < 1.29 is 0 Å². The highest BCUT2D eigenvalue weighted by atomic mass is 32.1. The molecule has 1 atom stereocenters. The number of hydrogen-bond acceptors (Lipinski definition) is 2. The van der Waals surface area contributed by atoms with Crippen LogP contribution in [0.25, 0.3) is 64.3 Å². The molecule has 12 rings (SSSR count). The maximum atomic E-state index is 2.48. The van der Waals surface area contributed by atoms with E-state index < -0.39 is 5.41 Å². The second-order valence-electron chi connectivity index (χ2n) is 16.0. The summed E-state index contributed by atoms with van der Waals surface area (Å²) in [6, 6.07) is 87.3. The van der Waals surface area contributed by atoms with Gasteiger partial charge in [0.2, 0.25) is 0 Å². The Kier molecular flexibility index (Phi) is 8.33. The second kappa shape index (κ2) is 14.3. The summed E-state index contributed by atoms with van der Waals surface area (Å²) in [5.41, 5.74) is 15.3. The standard InChI is InChI=1S/C59H39NS/c1-3-14-40(15-4-1)42-28-32-47(33-29-42)60(48-34-30-43(31-35-48)45-27-26-41-16-7-8-17-44(41)38-45)49-36-37-51-50-20-9-11-23-54(50)59(56(51)39-49,46-18-5-2-6-19-46)55-24-13-22-53-52-21-10-12-25-57(52)61-58(53)55/h1-39H. The van der Waals surface area contributed by atoms with Crippen LogP contribution < -0.4 is 4.90 Å². The van der Waals surface area contributed by atoms with Crippen LogP contribution in [0.2, 0.25) is 0 Å². The zero-order chi connectivity index (χ0) is 40.3. The fourth-order valence-electron chi connectivity index (χ4n) is 9.95. The van der Waals surface area contributed by atoms with Gasteiger partial charge < -0.3 is 4.90 Å². The van der Waals surface area contributed by atoms with Gasteiger partial charge in [-0.1, -0.05) is 188 Å². The first-order valence-electron chi connectivity index (χ1n) is 21.0. The molecule has 0 aliphatic heterocycles. The smallest absolute Gasteiger partial charge is 0.0728 e. The largest absolute Gasteiger partial charge is 0.310 e. The maximum Gasteiger partial charge on any atom is 0.0728 e. The van der Waals surface area contributed by atoms with Gasteiger partial charge in [-0.05, 0) is 115 Å². The number of fused-ring (bicyclic) bond motifs is 7. The second-order valence-corrected chi connectivity index (χ2v) is 17.1. The van der Waals surface area contributed by atoms with Crippen LogP contribution in [0.5, 0.6) is 0 Å². The quantitative estimate of drug-likeness (QED) is 0.155. The summed E-state index contributed by atoms with van der Waals surface area (Å²) in [4.78, 5) is 2.43. The topological polar surface area (TPSA) is 3.24 Å². The van der Waals surface area contributed by atoms with Crippen LogP contribution in [-0.4, -0.2) is 0 Å². The molecule has 0 bridgehead atoms. The molecule has 1 aliphatic rings. The lowest BCUT2D eigenvalue weighted by Crippen LogP contribution is -2.29. The minimum atomic E-state index is -0.563. The van der Waals surface area contributed by atoms with Gasteiger partial charge in [-0.15, -0.1) is 11.3 Å². The fraction of sp³-hybridized carbons (Fsp3) is 0.0169. The van der Waals surface area contributed by atoms with Crippen molar-refractivity contribution in [3.05, 3.63) is 259 Å². The Morgan fingerprint density at radius 3 is 1.67 bits per heavy atom. The van der Waals surface area contributed by atoms with Crippen molar-refractivity contribution in [1.82, 2.24) is 0 Å². The molecule has 1 unspecified atom stereocenters. The van der Waals surface area contributed by atoms with E-state index in [-0.39, 0.29) is 0 Å². The summed E-state index contributed by atoms with van der Waals surface area (Å²) >= 11 is 1.91. The normalized spacial score (nSPS) is 14.3. The first-order valence-corrected chi connectivity index (χ1v) is 21.8. The Balaban J connectivity index is 1.08. The highest BCUT2D eigenvalue weighted by molar-refractivity contribution is 7.26. The van der Waals surface area contributed by atoms with Gasteiger partial charge in [-0.25, -0.2) is 0 Å². The molecule has 0 saturated heterocycles. The van der Waals surface area contributed by atoms with Crippen molar-refractivity contribution in [2.24, 2.45) is 0 Å². The molecule has 1 heterocycles. The number of hydrogen-bond donors (Lipinski definition) is 0. The molecule has 286 valence electrons. The van der Waals surface area contributed by atoms with Crippen LogP contribution in [0.4, 0.5) is 17.1 Å². The van der Waals surface area contributed by atoms with E-state index in [0.29, 0.717) is 0 Å². The van der Waals surface area contributed by atoms with Crippen molar-refractivity contribution in [3.63, 3.8) is 0 Å². The van der Waals surface area contributed by atoms with E-state index in [1.165, 1.54) is 86.6 Å². The van der Waals surface area contributed by atoms with Crippen LogP contribution in [0.1, 0.15) is 22.3 Å². The van der Waals surface area contributed by atoms with Crippen molar-refractivity contribution in [3.8, 4) is 33.4 Å². The zero-order valence-corrected chi connectivity index (χ0v) is 34.2. The molecule has 2 heteroatoms. The van der Waals surface area contributed by atoms with E-state index in [4.69, 9.17) is 0 Å². The van der Waals surface area contributed by atoms with Crippen molar-refractivity contribution in [2.45, 2.75) is 5.41 Å². The van der Waals surface area contributed by atoms with Crippen LogP contribution in [0, 0.1) is 0 Å². The van der Waals surface area contributed by atoms with Gasteiger partial charge in [0.25, 0.3) is 0 Å². The molecule has 0 amide bonds. The summed E-state index contributed by atoms with van der Waals surface area (Å²) in [5, 5.41) is 5.12. The lowest BCUT2D eigenvalue weighted by molar-refractivity contribution is 0.777. The Morgan fingerprint density at radius 2 is 0.885 bits per heavy atom. The third kappa shape index (κ3) is 5.68. The van der Waals surface area contributed by atoms with Crippen LogP contribution in [0.3, 0.4) is 0 Å². The molecule has 1 aliphatic carbocycles. The predicted molar refractivity (Wildman–Crippen MR) is 260 cm³/mol. The molecule has 10 aromatic carbocycles. The monoisotopic (exact) mass is 793 g/mol. The van der Waals surface area contributed by atoms with Gasteiger partial charge in [-0.2, -0.15) is 0 Å². The highest BCUT2D eigenvalue weighted by Gasteiger charge is 2.47. The van der Waals surface area contributed by atoms with Gasteiger partial charge in [0.1, 0.15) is 0 Å². The van der Waals surface area contributed by atoms with E-state index in [1.807, 2.05) is 11.3 Å². The number of nitrogens with zero attached hydrogens (tertiary/aromatic N) is 1. The van der Waals surface area contributed by atoms with Crippen molar-refractivity contribution >= 4 is 59.3 Å². The summed E-state index contributed by atoms with van der Waals surface area (Å²) in [6.07, 6.45) is 0. The van der Waals surface area contributed by atoms with E-state index in [1.54, 1.807) is 0 Å². The van der Waals surface area contributed by atoms with E-state index in [9.17, 15) is 0 Å². The number of thiophene rings is 1. The fourth-order valence-corrected chi connectivity index (χ4v) is 11.2. The first kappa shape index (κ1) is 35.4. The Labute approximate surface area is 360 Å². The number of benzene rings is 10. The van der Waals surface area contributed by atoms with Crippen LogP contribution in [-0.2, 0) is 5.41 Å². The maximum absolute atomic E-state index is 2.48. The van der Waals surface area contributed by atoms with Crippen LogP contribution >= 0.6 is 11.3 Å². The van der Waals surface area contributed by atoms with Gasteiger partial charge in [-0.3, -0.25) is 0 Å². The van der Waals surface area contributed by atoms with Gasteiger partial charge in [0.15, 0.2) is 0 Å². The van der Waals surface area contributed by atoms with Gasteiger partial charge in [0.05, 0.1) is 5.41 Å². The lowest BCUT2D eigenvalue weighted by atomic mass is 9.67. The molecule has 0 N–H and O–H groups in total. The summed E-state index contributed by atoms with van der Waals surface area (Å²) in [5.74, 6) is 0. The zero-order valence-electron chi connectivity index (χ0n) is 33.4. The Bertz CT molecular complexity index is 3400. The van der Waals surface area contributed by atoms with Gasteiger partial charge in [0, 0.05) is 37.2 Å². The number of rotatable bonds is 7. The lowest BCUT2D eigenvalue weighted by Gasteiger charge is -2.35. The van der Waals surface area contributed by atoms with Gasteiger partial charge >= 0.3 is 0 Å². The SMILES string of the molecule is c1ccc(-c2ccc(N(c3ccc(-c4ccc5ccccc5c4)cc3)c3ccc4c(c3)C(c3ccccc3)(c3cccc5c3sc3ccccc35)c3ccccc3-4)cc2)cc1. The first-order chi connectivity index (χ1) is 30.2. The summed E-state index contributed by atoms with van der Waals surface area (Å²) < 4.78 is 2.64. The molecule has 11 aromatic rings. The average Bonchev–Trinajstić information content (AvgIpc) is 3.86. The van der Waals surface area contributed by atoms with E-state index in [2.05, 4.69) is 241 Å².